The third kappa shape index (κ3) is 1.63. The van der Waals surface area contributed by atoms with Crippen LogP contribution in [-0.4, -0.2) is 18.2 Å². The number of carbonyl (C=O) groups is 2. The number of allylic oxidation sites excluding steroid dienone is 1. The molecule has 1 heterocycles. The Labute approximate surface area is 98.3 Å². The highest BCUT2D eigenvalue weighted by Gasteiger charge is 2.34. The Morgan fingerprint density at radius 2 is 2.12 bits per heavy atom. The molecule has 1 aromatic rings. The molecule has 4 heteroatoms. The predicted molar refractivity (Wildman–Crippen MR) is 62.9 cm³/mol. The minimum Gasteiger partial charge on any atom is -0.301 e. The molecule has 1 aromatic carbocycles. The summed E-state index contributed by atoms with van der Waals surface area (Å²) in [6.07, 6.45) is 3.67. The van der Waals surface area contributed by atoms with E-state index in [-0.39, 0.29) is 0 Å². The van der Waals surface area contributed by atoms with Crippen molar-refractivity contribution in [1.82, 2.24) is 0 Å². The van der Waals surface area contributed by atoms with Crippen LogP contribution < -0.4 is 4.90 Å². The zero-order valence-electron chi connectivity index (χ0n) is 8.74. The highest BCUT2D eigenvalue weighted by molar-refractivity contribution is 6.52. The van der Waals surface area contributed by atoms with Crippen molar-refractivity contribution in [2.75, 3.05) is 11.4 Å². The van der Waals surface area contributed by atoms with Crippen LogP contribution in [0.3, 0.4) is 0 Å². The molecule has 0 aliphatic carbocycles. The Balaban J connectivity index is 2.45. The normalized spacial score (nSPS) is 15.0. The third-order valence-electron chi connectivity index (χ3n) is 2.46. The Hall–Kier alpha value is -1.61. The number of Topliss-reactive ketones (excluding diaryl/α,β-unsaturated/α-hetero) is 1. The van der Waals surface area contributed by atoms with E-state index in [9.17, 15) is 9.59 Å². The second kappa shape index (κ2) is 4.10. The van der Waals surface area contributed by atoms with E-state index in [1.165, 1.54) is 11.0 Å². The number of rotatable bonds is 2. The summed E-state index contributed by atoms with van der Waals surface area (Å²) in [5, 5.41) is 0.466. The second-order valence-electron chi connectivity index (χ2n) is 3.48. The third-order valence-corrected chi connectivity index (χ3v) is 2.69. The van der Waals surface area contributed by atoms with Gasteiger partial charge in [-0.05, 0) is 25.1 Å². The van der Waals surface area contributed by atoms with E-state index >= 15 is 0 Å². The highest BCUT2D eigenvalue weighted by Crippen LogP contribution is 2.30. The molecule has 1 aliphatic heterocycles. The summed E-state index contributed by atoms with van der Waals surface area (Å²) < 4.78 is 0. The lowest BCUT2D eigenvalue weighted by Crippen LogP contribution is -2.29. The molecular weight excluding hydrogens is 226 g/mol. The summed E-state index contributed by atoms with van der Waals surface area (Å²) in [5.41, 5.74) is 1.03. The molecule has 0 saturated heterocycles. The van der Waals surface area contributed by atoms with E-state index in [4.69, 9.17) is 11.6 Å². The van der Waals surface area contributed by atoms with Gasteiger partial charge in [0.2, 0.25) is 0 Å². The smallest absolute Gasteiger partial charge is 0.299 e. The van der Waals surface area contributed by atoms with Gasteiger partial charge in [-0.25, -0.2) is 0 Å². The van der Waals surface area contributed by atoms with E-state index < -0.39 is 11.7 Å². The van der Waals surface area contributed by atoms with Crippen LogP contribution in [0.2, 0.25) is 5.02 Å². The molecule has 1 aliphatic rings. The topological polar surface area (TPSA) is 37.4 Å². The van der Waals surface area contributed by atoms with Crippen molar-refractivity contribution in [2.24, 2.45) is 0 Å². The zero-order valence-corrected chi connectivity index (χ0v) is 9.49. The first-order valence-corrected chi connectivity index (χ1v) is 5.30. The van der Waals surface area contributed by atoms with E-state index in [1.54, 1.807) is 12.1 Å². The highest BCUT2D eigenvalue weighted by atomic mass is 35.5. The van der Waals surface area contributed by atoms with Gasteiger partial charge in [0, 0.05) is 11.6 Å². The Morgan fingerprint density at radius 3 is 2.81 bits per heavy atom. The van der Waals surface area contributed by atoms with Gasteiger partial charge in [-0.15, -0.1) is 0 Å². The van der Waals surface area contributed by atoms with Crippen LogP contribution >= 0.6 is 11.6 Å². The molecule has 1 amide bonds. The maximum Gasteiger partial charge on any atom is 0.299 e. The quantitative estimate of drug-likeness (QED) is 0.583. The number of benzene rings is 1. The van der Waals surface area contributed by atoms with Gasteiger partial charge >= 0.3 is 0 Å². The summed E-state index contributed by atoms with van der Waals surface area (Å²) in [7, 11) is 0. The van der Waals surface area contributed by atoms with Crippen LogP contribution in [0.4, 0.5) is 5.69 Å². The number of carbonyl (C=O) groups excluding carboxylic acids is 2. The summed E-state index contributed by atoms with van der Waals surface area (Å²) in [4.78, 5) is 24.8. The lowest BCUT2D eigenvalue weighted by atomic mass is 10.1. The molecule has 0 aromatic heterocycles. The lowest BCUT2D eigenvalue weighted by Gasteiger charge is -2.13. The molecule has 0 saturated carbocycles. The maximum absolute atomic E-state index is 11.7. The van der Waals surface area contributed by atoms with Crippen LogP contribution in [0.15, 0.2) is 30.4 Å². The van der Waals surface area contributed by atoms with E-state index in [1.807, 2.05) is 19.1 Å². The average Bonchev–Trinajstić information content (AvgIpc) is 2.50. The molecule has 3 nitrogen and oxygen atoms in total. The Bertz CT molecular complexity index is 494. The number of amides is 1. The molecule has 82 valence electrons. The number of hydrogen-bond donors (Lipinski definition) is 0. The monoisotopic (exact) mass is 235 g/mol. The van der Waals surface area contributed by atoms with Gasteiger partial charge in [-0.1, -0.05) is 23.8 Å². The largest absolute Gasteiger partial charge is 0.301 e. The predicted octanol–water partition coefficient (Wildman–Crippen LogP) is 2.45. The minimum absolute atomic E-state index is 0.391. The minimum atomic E-state index is -0.490. The van der Waals surface area contributed by atoms with Gasteiger partial charge in [-0.2, -0.15) is 0 Å². The number of hydrogen-bond acceptors (Lipinski definition) is 2. The fourth-order valence-corrected chi connectivity index (χ4v) is 1.84. The first-order chi connectivity index (χ1) is 7.65. The summed E-state index contributed by atoms with van der Waals surface area (Å²) in [5.74, 6) is -0.975. The number of ketones is 1. The van der Waals surface area contributed by atoms with Crippen molar-refractivity contribution in [1.29, 1.82) is 0 Å². The van der Waals surface area contributed by atoms with E-state index in [2.05, 4.69) is 0 Å². The van der Waals surface area contributed by atoms with Crippen LogP contribution in [0, 0.1) is 0 Å². The van der Waals surface area contributed by atoms with Gasteiger partial charge in [-0.3, -0.25) is 9.59 Å². The Kier molecular flexibility index (Phi) is 2.79. The first kappa shape index (κ1) is 10.9. The molecule has 0 atom stereocenters. The van der Waals surface area contributed by atoms with Gasteiger partial charge in [0.25, 0.3) is 11.7 Å². The molecule has 16 heavy (non-hydrogen) atoms. The fourth-order valence-electron chi connectivity index (χ4n) is 1.66. The van der Waals surface area contributed by atoms with Crippen LogP contribution in [0.5, 0.6) is 0 Å². The molecule has 0 fully saturated rings. The Morgan fingerprint density at radius 1 is 1.38 bits per heavy atom. The van der Waals surface area contributed by atoms with Crippen molar-refractivity contribution in [3.63, 3.8) is 0 Å². The van der Waals surface area contributed by atoms with Crippen molar-refractivity contribution in [3.8, 4) is 0 Å². The lowest BCUT2D eigenvalue weighted by molar-refractivity contribution is -0.114. The van der Waals surface area contributed by atoms with Gasteiger partial charge in [0.15, 0.2) is 0 Å². The standard InChI is InChI=1S/C12H10ClNO2/c1-2-3-6-14-10-5-4-8(13)7-9(10)11(15)12(14)16/h2-5,7H,6H2,1H3/b3-2+. The average molecular weight is 236 g/mol. The number of nitrogens with zero attached hydrogens (tertiary/aromatic N) is 1. The maximum atomic E-state index is 11.7. The molecule has 0 unspecified atom stereocenters. The van der Waals surface area contributed by atoms with Crippen LogP contribution in [0.1, 0.15) is 17.3 Å². The van der Waals surface area contributed by atoms with Crippen molar-refractivity contribution in [2.45, 2.75) is 6.92 Å². The SMILES string of the molecule is C/C=C/CN1C(=O)C(=O)c2cc(Cl)ccc21. The molecule has 0 N–H and O–H groups in total. The number of anilines is 1. The van der Waals surface area contributed by atoms with E-state index in [0.29, 0.717) is 22.8 Å². The van der Waals surface area contributed by atoms with Crippen LogP contribution in [-0.2, 0) is 4.79 Å². The van der Waals surface area contributed by atoms with Crippen LogP contribution in [0.25, 0.3) is 0 Å². The number of fused-ring (bicyclic) bond motifs is 1. The van der Waals surface area contributed by atoms with Crippen molar-refractivity contribution >= 4 is 29.0 Å². The molecule has 0 spiro atoms. The second-order valence-corrected chi connectivity index (χ2v) is 3.91. The summed E-state index contributed by atoms with van der Waals surface area (Å²) >= 11 is 5.79. The van der Waals surface area contributed by atoms with Crippen molar-refractivity contribution < 1.29 is 9.59 Å². The first-order valence-electron chi connectivity index (χ1n) is 4.92. The van der Waals surface area contributed by atoms with E-state index in [0.717, 1.165) is 0 Å². The zero-order chi connectivity index (χ0) is 11.7. The van der Waals surface area contributed by atoms with Gasteiger partial charge < -0.3 is 4.90 Å². The number of halogens is 1. The van der Waals surface area contributed by atoms with Crippen molar-refractivity contribution in [3.05, 3.63) is 40.9 Å². The van der Waals surface area contributed by atoms with Gasteiger partial charge in [0.1, 0.15) is 0 Å². The summed E-state index contributed by atoms with van der Waals surface area (Å²) in [6, 6.07) is 4.91. The molecule has 0 radical (unpaired) electrons. The molecule has 2 rings (SSSR count). The molecule has 0 bridgehead atoms. The summed E-state index contributed by atoms with van der Waals surface area (Å²) in [6.45, 7) is 2.28. The fraction of sp³-hybridized carbons (Fsp3) is 0.167. The van der Waals surface area contributed by atoms with Gasteiger partial charge in [0.05, 0.1) is 11.3 Å². The molecular formula is C12H10ClNO2.